The first-order valence-electron chi connectivity index (χ1n) is 7.75. The Kier molecular flexibility index (Phi) is 6.27. The average molecular weight is 308 g/mol. The Labute approximate surface area is 132 Å². The Bertz CT molecular complexity index is 493. The van der Waals surface area contributed by atoms with Crippen LogP contribution >= 0.6 is 11.6 Å². The molecule has 0 aromatic heterocycles. The van der Waals surface area contributed by atoms with Gasteiger partial charge in [0, 0.05) is 30.0 Å². The van der Waals surface area contributed by atoms with E-state index in [1.165, 1.54) is 13.0 Å². The van der Waals surface area contributed by atoms with E-state index in [4.69, 9.17) is 11.6 Å². The Morgan fingerprint density at radius 2 is 2.10 bits per heavy atom. The van der Waals surface area contributed by atoms with Gasteiger partial charge in [-0.15, -0.1) is 0 Å². The molecule has 1 aliphatic rings. The van der Waals surface area contributed by atoms with Gasteiger partial charge in [-0.1, -0.05) is 36.7 Å². The minimum atomic E-state index is -0.0288. The fourth-order valence-electron chi connectivity index (χ4n) is 2.80. The molecule has 2 N–H and O–H groups in total. The fourth-order valence-corrected chi connectivity index (χ4v) is 3.00. The van der Waals surface area contributed by atoms with E-state index in [1.807, 2.05) is 24.3 Å². The van der Waals surface area contributed by atoms with Crippen LogP contribution < -0.4 is 10.2 Å². The van der Waals surface area contributed by atoms with Crippen LogP contribution in [0.2, 0.25) is 5.02 Å². The largest absolute Gasteiger partial charge is 0.349 e. The van der Waals surface area contributed by atoms with Crippen LogP contribution in [0.3, 0.4) is 0 Å². The highest BCUT2D eigenvalue weighted by Crippen LogP contribution is 2.16. The summed E-state index contributed by atoms with van der Waals surface area (Å²) >= 11 is 6.06. The Morgan fingerprint density at radius 3 is 2.76 bits per heavy atom. The van der Waals surface area contributed by atoms with Crippen molar-refractivity contribution in [3.63, 3.8) is 0 Å². The second kappa shape index (κ2) is 8.20. The predicted molar refractivity (Wildman–Crippen MR) is 87.5 cm³/mol. The highest BCUT2D eigenvalue weighted by Gasteiger charge is 2.21. The molecule has 1 aliphatic heterocycles. The van der Waals surface area contributed by atoms with Crippen molar-refractivity contribution in [2.24, 2.45) is 0 Å². The van der Waals surface area contributed by atoms with Crippen molar-refractivity contribution >= 4 is 23.6 Å². The maximum absolute atomic E-state index is 12.0. The highest BCUT2D eigenvalue weighted by atomic mass is 35.5. The molecule has 4 heteroatoms. The third-order valence-electron chi connectivity index (χ3n) is 3.96. The molecule has 0 spiro atoms. The van der Waals surface area contributed by atoms with Crippen LogP contribution in [-0.2, 0) is 4.79 Å². The number of quaternary nitrogens is 1. The summed E-state index contributed by atoms with van der Waals surface area (Å²) in [5.41, 5.74) is 0.872. The number of benzene rings is 1. The number of hydrogen-bond acceptors (Lipinski definition) is 1. The lowest BCUT2D eigenvalue weighted by molar-refractivity contribution is -0.905. The van der Waals surface area contributed by atoms with Crippen LogP contribution in [-0.4, -0.2) is 31.6 Å². The number of nitrogens with one attached hydrogen (secondary N) is 2. The normalized spacial score (nSPS) is 22.4. The molecule has 1 fully saturated rings. The van der Waals surface area contributed by atoms with Crippen molar-refractivity contribution in [1.82, 2.24) is 5.32 Å². The molecule has 21 heavy (non-hydrogen) atoms. The van der Waals surface area contributed by atoms with Gasteiger partial charge in [-0.3, -0.25) is 4.79 Å². The van der Waals surface area contributed by atoms with Crippen LogP contribution in [0.15, 0.2) is 30.3 Å². The molecular weight excluding hydrogens is 284 g/mol. The summed E-state index contributed by atoms with van der Waals surface area (Å²) in [7, 11) is 0. The zero-order chi connectivity index (χ0) is 15.1. The summed E-state index contributed by atoms with van der Waals surface area (Å²) in [5.74, 6) is -0.0288. The van der Waals surface area contributed by atoms with Gasteiger partial charge in [0.05, 0.1) is 19.6 Å². The first-order chi connectivity index (χ1) is 10.2. The van der Waals surface area contributed by atoms with Crippen molar-refractivity contribution in [2.75, 3.05) is 19.6 Å². The van der Waals surface area contributed by atoms with E-state index in [-0.39, 0.29) is 5.91 Å². The maximum Gasteiger partial charge on any atom is 0.244 e. The first kappa shape index (κ1) is 16.1. The number of carbonyl (C=O) groups is 1. The topological polar surface area (TPSA) is 33.5 Å². The lowest BCUT2D eigenvalue weighted by atomic mass is 10.0. The van der Waals surface area contributed by atoms with Gasteiger partial charge >= 0.3 is 0 Å². The van der Waals surface area contributed by atoms with E-state index >= 15 is 0 Å². The summed E-state index contributed by atoms with van der Waals surface area (Å²) in [4.78, 5) is 13.6. The molecule has 0 saturated carbocycles. The molecule has 1 aromatic carbocycles. The lowest BCUT2D eigenvalue weighted by Gasteiger charge is -2.29. The van der Waals surface area contributed by atoms with Crippen LogP contribution in [0.1, 0.15) is 31.7 Å². The van der Waals surface area contributed by atoms with Crippen molar-refractivity contribution in [3.05, 3.63) is 40.9 Å². The Balaban J connectivity index is 1.79. The summed E-state index contributed by atoms with van der Waals surface area (Å²) in [6.07, 6.45) is 6.72. The minimum Gasteiger partial charge on any atom is -0.349 e. The fraction of sp³-hybridized carbons (Fsp3) is 0.471. The average Bonchev–Trinajstić information content (AvgIpc) is 2.49. The van der Waals surface area contributed by atoms with Crippen LogP contribution in [0.25, 0.3) is 6.08 Å². The first-order valence-corrected chi connectivity index (χ1v) is 8.13. The number of carbonyl (C=O) groups excluding carboxylic acids is 1. The molecule has 3 nitrogen and oxygen atoms in total. The summed E-state index contributed by atoms with van der Waals surface area (Å²) in [5, 5.41) is 3.75. The van der Waals surface area contributed by atoms with E-state index in [2.05, 4.69) is 12.2 Å². The third kappa shape index (κ3) is 5.18. The summed E-state index contributed by atoms with van der Waals surface area (Å²) in [6.45, 7) is 5.79. The van der Waals surface area contributed by atoms with E-state index in [1.54, 1.807) is 17.1 Å². The number of halogens is 1. The molecule has 0 radical (unpaired) electrons. The van der Waals surface area contributed by atoms with Gasteiger partial charge in [-0.25, -0.2) is 0 Å². The number of likely N-dealkylation sites (tertiary alicyclic amines) is 1. The molecule has 2 rings (SSSR count). The monoisotopic (exact) mass is 307 g/mol. The van der Waals surface area contributed by atoms with Gasteiger partial charge in [-0.2, -0.15) is 0 Å². The zero-order valence-electron chi connectivity index (χ0n) is 12.6. The summed E-state index contributed by atoms with van der Waals surface area (Å²) < 4.78 is 0. The van der Waals surface area contributed by atoms with Gasteiger partial charge in [0.25, 0.3) is 0 Å². The molecule has 1 amide bonds. The van der Waals surface area contributed by atoms with Crippen LogP contribution in [0.5, 0.6) is 0 Å². The zero-order valence-corrected chi connectivity index (χ0v) is 13.3. The summed E-state index contributed by atoms with van der Waals surface area (Å²) in [6, 6.07) is 7.83. The predicted octanol–water partition coefficient (Wildman–Crippen LogP) is 1.93. The standard InChI is InChI=1S/C17H23ClN2O/c1-2-11-20-12-9-15(10-13-20)19-17(21)8-7-14-5-3-4-6-16(14)18/h3-8,15H,2,9-13H2,1H3,(H,19,21)/p+1/b8-7+. The molecule has 0 aliphatic carbocycles. The quantitative estimate of drug-likeness (QED) is 0.801. The number of rotatable bonds is 5. The maximum atomic E-state index is 12.0. The number of hydrogen-bond donors (Lipinski definition) is 2. The second-order valence-electron chi connectivity index (χ2n) is 5.64. The third-order valence-corrected chi connectivity index (χ3v) is 4.31. The van der Waals surface area contributed by atoms with E-state index in [9.17, 15) is 4.79 Å². The molecule has 0 unspecified atom stereocenters. The van der Waals surface area contributed by atoms with Crippen LogP contribution in [0.4, 0.5) is 0 Å². The Hall–Kier alpha value is -1.32. The molecule has 1 aromatic rings. The molecule has 1 heterocycles. The van der Waals surface area contributed by atoms with Gasteiger partial charge in [-0.05, 0) is 24.1 Å². The molecule has 114 valence electrons. The number of amides is 1. The van der Waals surface area contributed by atoms with Crippen molar-refractivity contribution in [1.29, 1.82) is 0 Å². The molecule has 0 bridgehead atoms. The molecule has 1 saturated heterocycles. The van der Waals surface area contributed by atoms with E-state index in [0.717, 1.165) is 31.5 Å². The second-order valence-corrected chi connectivity index (χ2v) is 6.04. The van der Waals surface area contributed by atoms with E-state index in [0.29, 0.717) is 11.1 Å². The van der Waals surface area contributed by atoms with Crippen molar-refractivity contribution < 1.29 is 9.69 Å². The smallest absolute Gasteiger partial charge is 0.244 e. The number of piperidine rings is 1. The Morgan fingerprint density at radius 1 is 1.38 bits per heavy atom. The SMILES string of the molecule is CCC[NH+]1CCC(NC(=O)/C=C/c2ccccc2Cl)CC1. The van der Waals surface area contributed by atoms with Gasteiger partial charge in [0.15, 0.2) is 0 Å². The van der Waals surface area contributed by atoms with E-state index < -0.39 is 0 Å². The van der Waals surface area contributed by atoms with Gasteiger partial charge in [0.1, 0.15) is 0 Å². The highest BCUT2D eigenvalue weighted by molar-refractivity contribution is 6.32. The van der Waals surface area contributed by atoms with Crippen molar-refractivity contribution in [2.45, 2.75) is 32.2 Å². The molecular formula is C17H24ClN2O+. The van der Waals surface area contributed by atoms with Gasteiger partial charge < -0.3 is 10.2 Å². The van der Waals surface area contributed by atoms with Crippen molar-refractivity contribution in [3.8, 4) is 0 Å². The van der Waals surface area contributed by atoms with Gasteiger partial charge in [0.2, 0.25) is 5.91 Å². The molecule has 0 atom stereocenters. The minimum absolute atomic E-state index is 0.0288. The lowest BCUT2D eigenvalue weighted by Crippen LogP contribution is -3.13. The van der Waals surface area contributed by atoms with Crippen LogP contribution in [0, 0.1) is 0 Å².